The molecule has 2 N–H and O–H groups in total. The van der Waals surface area contributed by atoms with Gasteiger partial charge in [0, 0.05) is 30.4 Å². The van der Waals surface area contributed by atoms with Crippen molar-refractivity contribution in [2.24, 2.45) is 11.8 Å². The van der Waals surface area contributed by atoms with E-state index in [4.69, 9.17) is 10.9 Å². The van der Waals surface area contributed by atoms with E-state index < -0.39 is 0 Å². The molecule has 0 saturated heterocycles. The van der Waals surface area contributed by atoms with Crippen LogP contribution in [0.2, 0.25) is 0 Å². The van der Waals surface area contributed by atoms with Crippen molar-refractivity contribution in [3.63, 3.8) is 0 Å². The Balaban J connectivity index is 2.57. The van der Waals surface area contributed by atoms with Gasteiger partial charge in [0.25, 0.3) is 0 Å². The molecule has 1 aromatic rings. The molecular weight excluding hydrogens is 296 g/mol. The molecule has 1 aromatic heterocycles. The average Bonchev–Trinajstić information content (AvgIpc) is 3.03. The molecule has 2 atom stereocenters. The molecule has 0 aliphatic heterocycles. The molecule has 0 amide bonds. The minimum Gasteiger partial charge on any atom is -0.316 e. The summed E-state index contributed by atoms with van der Waals surface area (Å²) in [5.74, 6) is 6.95. The van der Waals surface area contributed by atoms with Crippen molar-refractivity contribution in [1.29, 1.82) is 0 Å². The minimum atomic E-state index is 0.311. The quantitative estimate of drug-likeness (QED) is 0.392. The Morgan fingerprint density at radius 3 is 2.38 bits per heavy atom. The van der Waals surface area contributed by atoms with E-state index in [0.717, 1.165) is 12.8 Å². The van der Waals surface area contributed by atoms with Crippen LogP contribution in [-0.2, 0) is 0 Å². The van der Waals surface area contributed by atoms with Gasteiger partial charge in [0.05, 0.1) is 5.69 Å². The SMILES string of the molecule is C/C=C(\C=C/N(N)C(C)C)C(C)CCC(C)c1ccn(C(C)C)n1. The number of hydrogen-bond acceptors (Lipinski definition) is 3. The molecule has 0 saturated carbocycles. The smallest absolute Gasteiger partial charge is 0.0652 e. The predicted molar refractivity (Wildman–Crippen MR) is 103 cm³/mol. The summed E-state index contributed by atoms with van der Waals surface area (Å²) in [7, 11) is 0. The molecule has 136 valence electrons. The first-order valence-electron chi connectivity index (χ1n) is 9.18. The molecule has 1 rings (SSSR count). The molecule has 0 spiro atoms. The van der Waals surface area contributed by atoms with Gasteiger partial charge in [-0.25, -0.2) is 5.84 Å². The van der Waals surface area contributed by atoms with Crippen molar-refractivity contribution in [3.8, 4) is 0 Å². The zero-order chi connectivity index (χ0) is 18.3. The van der Waals surface area contributed by atoms with Crippen LogP contribution in [-0.4, -0.2) is 20.8 Å². The Labute approximate surface area is 148 Å². The molecule has 2 unspecified atom stereocenters. The first-order valence-corrected chi connectivity index (χ1v) is 9.18. The summed E-state index contributed by atoms with van der Waals surface area (Å²) in [6.45, 7) is 15.1. The Morgan fingerprint density at radius 1 is 1.21 bits per heavy atom. The number of aromatic nitrogens is 2. The first kappa shape index (κ1) is 20.5. The maximum absolute atomic E-state index is 5.95. The first-order chi connectivity index (χ1) is 11.3. The number of nitrogens with zero attached hydrogens (tertiary/aromatic N) is 3. The van der Waals surface area contributed by atoms with Crippen molar-refractivity contribution in [3.05, 3.63) is 41.9 Å². The monoisotopic (exact) mass is 332 g/mol. The number of nitrogens with two attached hydrogens (primary N) is 1. The zero-order valence-electron chi connectivity index (χ0n) is 16.5. The molecule has 0 aromatic carbocycles. The van der Waals surface area contributed by atoms with Crippen LogP contribution in [0.25, 0.3) is 0 Å². The van der Waals surface area contributed by atoms with Gasteiger partial charge in [0.1, 0.15) is 0 Å². The number of hydrogen-bond donors (Lipinski definition) is 1. The second kappa shape index (κ2) is 9.67. The van der Waals surface area contributed by atoms with Gasteiger partial charge in [-0.1, -0.05) is 19.9 Å². The summed E-state index contributed by atoms with van der Waals surface area (Å²) in [4.78, 5) is 0. The molecule has 24 heavy (non-hydrogen) atoms. The fraction of sp³-hybridized carbons (Fsp3) is 0.650. The van der Waals surface area contributed by atoms with Crippen LogP contribution >= 0.6 is 0 Å². The molecule has 0 fully saturated rings. The molecule has 0 radical (unpaired) electrons. The van der Waals surface area contributed by atoms with Crippen molar-refractivity contribution in [1.82, 2.24) is 14.8 Å². The normalized spacial score (nSPS) is 15.5. The molecule has 0 bridgehead atoms. The maximum atomic E-state index is 5.95. The Bertz CT molecular complexity index is 540. The summed E-state index contributed by atoms with van der Waals surface area (Å²) in [6, 6.07) is 2.89. The topological polar surface area (TPSA) is 47.1 Å². The number of allylic oxidation sites excluding steroid dienone is 3. The highest BCUT2D eigenvalue weighted by atomic mass is 15.4. The highest BCUT2D eigenvalue weighted by Crippen LogP contribution is 2.25. The van der Waals surface area contributed by atoms with E-state index in [9.17, 15) is 0 Å². The van der Waals surface area contributed by atoms with Crippen LogP contribution < -0.4 is 5.84 Å². The largest absolute Gasteiger partial charge is 0.316 e. The maximum Gasteiger partial charge on any atom is 0.0652 e. The summed E-state index contributed by atoms with van der Waals surface area (Å²) >= 11 is 0. The van der Waals surface area contributed by atoms with Gasteiger partial charge >= 0.3 is 0 Å². The third-order valence-corrected chi connectivity index (χ3v) is 4.63. The van der Waals surface area contributed by atoms with E-state index >= 15 is 0 Å². The van der Waals surface area contributed by atoms with Crippen LogP contribution in [0.4, 0.5) is 0 Å². The third-order valence-electron chi connectivity index (χ3n) is 4.63. The molecule has 4 nitrogen and oxygen atoms in total. The second-order valence-electron chi connectivity index (χ2n) is 7.34. The van der Waals surface area contributed by atoms with Crippen molar-refractivity contribution < 1.29 is 0 Å². The number of hydrazine groups is 1. The van der Waals surface area contributed by atoms with Crippen LogP contribution in [0.15, 0.2) is 36.2 Å². The van der Waals surface area contributed by atoms with E-state index in [1.54, 1.807) is 5.01 Å². The molecule has 1 heterocycles. The number of rotatable bonds is 9. The lowest BCUT2D eigenvalue weighted by Crippen LogP contribution is -2.31. The minimum absolute atomic E-state index is 0.311. The molecular formula is C20H36N4. The average molecular weight is 333 g/mol. The standard InChI is InChI=1S/C20H36N4/c1-8-19(11-13-23(21)15(2)3)17(6)9-10-18(7)20-12-14-24(22-20)16(4)5/h8,11-18H,9-10,21H2,1-7H3/b13-11-,19-8+. The second-order valence-corrected chi connectivity index (χ2v) is 7.34. The lowest BCUT2D eigenvalue weighted by molar-refractivity contribution is 0.322. The molecule has 0 aliphatic carbocycles. The Morgan fingerprint density at radius 2 is 1.88 bits per heavy atom. The van der Waals surface area contributed by atoms with Crippen molar-refractivity contribution >= 4 is 0 Å². The van der Waals surface area contributed by atoms with Crippen LogP contribution in [0.3, 0.4) is 0 Å². The Hall–Kier alpha value is -1.55. The summed E-state index contributed by atoms with van der Waals surface area (Å²) in [6.07, 6.45) is 10.7. The fourth-order valence-corrected chi connectivity index (χ4v) is 2.61. The van der Waals surface area contributed by atoms with Crippen LogP contribution in [0, 0.1) is 5.92 Å². The summed E-state index contributed by atoms with van der Waals surface area (Å²) in [5.41, 5.74) is 2.53. The van der Waals surface area contributed by atoms with Gasteiger partial charge in [-0.2, -0.15) is 5.10 Å². The molecule has 0 aliphatic rings. The van der Waals surface area contributed by atoms with Crippen molar-refractivity contribution in [2.45, 2.75) is 79.3 Å². The van der Waals surface area contributed by atoms with E-state index in [0.29, 0.717) is 23.9 Å². The van der Waals surface area contributed by atoms with Gasteiger partial charge < -0.3 is 5.01 Å². The molecule has 4 heteroatoms. The zero-order valence-corrected chi connectivity index (χ0v) is 16.5. The van der Waals surface area contributed by atoms with Gasteiger partial charge in [0.2, 0.25) is 0 Å². The van der Waals surface area contributed by atoms with Crippen LogP contribution in [0.1, 0.15) is 79.0 Å². The highest BCUT2D eigenvalue weighted by molar-refractivity contribution is 5.20. The van der Waals surface area contributed by atoms with E-state index in [2.05, 4.69) is 72.9 Å². The van der Waals surface area contributed by atoms with Gasteiger partial charge in [0.15, 0.2) is 0 Å². The lowest BCUT2D eigenvalue weighted by Gasteiger charge is -2.20. The highest BCUT2D eigenvalue weighted by Gasteiger charge is 2.13. The lowest BCUT2D eigenvalue weighted by atomic mass is 9.91. The fourth-order valence-electron chi connectivity index (χ4n) is 2.61. The third kappa shape index (κ3) is 6.16. The van der Waals surface area contributed by atoms with Gasteiger partial charge in [-0.3, -0.25) is 4.68 Å². The van der Waals surface area contributed by atoms with E-state index in [1.807, 2.05) is 10.9 Å². The van der Waals surface area contributed by atoms with E-state index in [-0.39, 0.29) is 0 Å². The van der Waals surface area contributed by atoms with Crippen molar-refractivity contribution in [2.75, 3.05) is 0 Å². The Kier molecular flexibility index (Phi) is 8.26. The van der Waals surface area contributed by atoms with Gasteiger partial charge in [-0.05, 0) is 71.1 Å². The van der Waals surface area contributed by atoms with Gasteiger partial charge in [-0.15, -0.1) is 0 Å². The van der Waals surface area contributed by atoms with E-state index in [1.165, 1.54) is 11.3 Å². The summed E-state index contributed by atoms with van der Waals surface area (Å²) in [5, 5.41) is 6.44. The summed E-state index contributed by atoms with van der Waals surface area (Å²) < 4.78 is 2.04. The van der Waals surface area contributed by atoms with Crippen LogP contribution in [0.5, 0.6) is 0 Å². The predicted octanol–water partition coefficient (Wildman–Crippen LogP) is 5.03.